The summed E-state index contributed by atoms with van der Waals surface area (Å²) in [7, 11) is 1.51. The Morgan fingerprint density at radius 2 is 2.33 bits per heavy atom. The van der Waals surface area contributed by atoms with Crippen molar-refractivity contribution in [2.24, 2.45) is 4.99 Å². The van der Waals surface area contributed by atoms with Gasteiger partial charge in [-0.25, -0.2) is 4.79 Å². The van der Waals surface area contributed by atoms with Crippen molar-refractivity contribution in [2.75, 3.05) is 7.11 Å². The first kappa shape index (κ1) is 8.84. The fourth-order valence-corrected chi connectivity index (χ4v) is 1.01. The van der Waals surface area contributed by atoms with E-state index < -0.39 is 0 Å². The molecular formula is C8H7NO2S. The number of thiol groups is 1. The minimum Gasteiger partial charge on any atom is -0.494 e. The van der Waals surface area contributed by atoms with E-state index in [0.29, 0.717) is 11.4 Å². The predicted octanol–water partition coefficient (Wildman–Crippen LogP) is 1.95. The Kier molecular flexibility index (Phi) is 2.91. The van der Waals surface area contributed by atoms with Gasteiger partial charge < -0.3 is 4.74 Å². The lowest BCUT2D eigenvalue weighted by Crippen LogP contribution is -1.82. The smallest absolute Gasteiger partial charge is 0.240 e. The minimum atomic E-state index is 0.444. The highest BCUT2D eigenvalue weighted by atomic mass is 32.1. The monoisotopic (exact) mass is 181 g/mol. The predicted molar refractivity (Wildman–Crippen MR) is 48.0 cm³/mol. The number of carbonyl (C=O) groups excluding carboxylic acids is 1. The van der Waals surface area contributed by atoms with Gasteiger partial charge in [0.2, 0.25) is 6.08 Å². The molecule has 0 saturated heterocycles. The van der Waals surface area contributed by atoms with E-state index in [1.165, 1.54) is 13.2 Å². The van der Waals surface area contributed by atoms with E-state index in [1.807, 2.05) is 0 Å². The number of ether oxygens (including phenoxy) is 1. The molecule has 0 amide bonds. The largest absolute Gasteiger partial charge is 0.494 e. The van der Waals surface area contributed by atoms with Gasteiger partial charge in [-0.15, -0.1) is 12.6 Å². The van der Waals surface area contributed by atoms with E-state index in [2.05, 4.69) is 17.6 Å². The van der Waals surface area contributed by atoms with Gasteiger partial charge in [-0.1, -0.05) is 0 Å². The molecule has 1 aromatic carbocycles. The van der Waals surface area contributed by atoms with Crippen LogP contribution in [0, 0.1) is 0 Å². The van der Waals surface area contributed by atoms with Crippen molar-refractivity contribution < 1.29 is 9.53 Å². The molecule has 0 aliphatic rings. The summed E-state index contributed by atoms with van der Waals surface area (Å²) in [6, 6.07) is 5.08. The molecule has 0 aliphatic carbocycles. The third kappa shape index (κ3) is 1.87. The zero-order chi connectivity index (χ0) is 8.97. The van der Waals surface area contributed by atoms with Crippen molar-refractivity contribution in [1.82, 2.24) is 0 Å². The van der Waals surface area contributed by atoms with Gasteiger partial charge in [0, 0.05) is 4.90 Å². The van der Waals surface area contributed by atoms with E-state index in [4.69, 9.17) is 4.74 Å². The van der Waals surface area contributed by atoms with Crippen molar-refractivity contribution in [3.63, 3.8) is 0 Å². The minimum absolute atomic E-state index is 0.444. The van der Waals surface area contributed by atoms with Crippen LogP contribution in [-0.4, -0.2) is 13.2 Å². The zero-order valence-corrected chi connectivity index (χ0v) is 7.34. The molecule has 0 spiro atoms. The summed E-state index contributed by atoms with van der Waals surface area (Å²) in [5, 5.41) is 0. The lowest BCUT2D eigenvalue weighted by Gasteiger charge is -2.02. The topological polar surface area (TPSA) is 38.7 Å². The molecule has 4 heteroatoms. The van der Waals surface area contributed by atoms with Gasteiger partial charge >= 0.3 is 0 Å². The van der Waals surface area contributed by atoms with E-state index in [0.717, 1.165) is 4.90 Å². The first-order chi connectivity index (χ1) is 5.77. The van der Waals surface area contributed by atoms with Crippen molar-refractivity contribution in [3.8, 4) is 5.75 Å². The SMILES string of the molecule is COc1ccc(S)cc1N=C=O. The Hall–Kier alpha value is -1.25. The Balaban J connectivity index is 3.20. The lowest BCUT2D eigenvalue weighted by molar-refractivity contribution is 0.416. The summed E-state index contributed by atoms with van der Waals surface area (Å²) < 4.78 is 4.95. The molecule has 0 saturated carbocycles. The molecule has 1 rings (SSSR count). The Morgan fingerprint density at radius 1 is 1.58 bits per heavy atom. The molecule has 62 valence electrons. The second-order valence-electron chi connectivity index (χ2n) is 2.06. The third-order valence-electron chi connectivity index (χ3n) is 1.33. The van der Waals surface area contributed by atoms with Gasteiger partial charge in [-0.2, -0.15) is 4.99 Å². The Morgan fingerprint density at radius 3 is 2.92 bits per heavy atom. The second-order valence-corrected chi connectivity index (χ2v) is 2.58. The maximum Gasteiger partial charge on any atom is 0.240 e. The number of benzene rings is 1. The van der Waals surface area contributed by atoms with Crippen LogP contribution in [0.2, 0.25) is 0 Å². The summed E-state index contributed by atoms with van der Waals surface area (Å²) in [4.78, 5) is 14.2. The van der Waals surface area contributed by atoms with Gasteiger partial charge in [0.1, 0.15) is 11.4 Å². The molecule has 0 atom stereocenters. The van der Waals surface area contributed by atoms with Gasteiger partial charge in [0.05, 0.1) is 7.11 Å². The van der Waals surface area contributed by atoms with Gasteiger partial charge in [-0.3, -0.25) is 0 Å². The van der Waals surface area contributed by atoms with Crippen LogP contribution in [0.15, 0.2) is 28.1 Å². The van der Waals surface area contributed by atoms with Crippen LogP contribution in [-0.2, 0) is 4.79 Å². The molecule has 0 unspecified atom stereocenters. The summed E-state index contributed by atoms with van der Waals surface area (Å²) >= 11 is 4.09. The standard InChI is InChI=1S/C8H7NO2S/c1-11-8-3-2-6(12)4-7(8)9-5-10/h2-4,12H,1H3. The Bertz CT molecular complexity index is 332. The van der Waals surface area contributed by atoms with Gasteiger partial charge in [0.25, 0.3) is 0 Å². The maximum absolute atomic E-state index is 9.98. The normalized spacial score (nSPS) is 8.83. The number of hydrogen-bond acceptors (Lipinski definition) is 4. The summed E-state index contributed by atoms with van der Waals surface area (Å²) in [6.45, 7) is 0. The molecule has 0 aromatic heterocycles. The highest BCUT2D eigenvalue weighted by Gasteiger charge is 2.00. The zero-order valence-electron chi connectivity index (χ0n) is 6.44. The molecule has 1 aromatic rings. The van der Waals surface area contributed by atoms with E-state index in [9.17, 15) is 4.79 Å². The fraction of sp³-hybridized carbons (Fsp3) is 0.125. The summed E-state index contributed by atoms with van der Waals surface area (Å²) in [5.74, 6) is 0.538. The van der Waals surface area contributed by atoms with Gasteiger partial charge in [0.15, 0.2) is 0 Å². The molecule has 0 N–H and O–H groups in total. The molecule has 3 nitrogen and oxygen atoms in total. The molecule has 12 heavy (non-hydrogen) atoms. The number of aliphatic imine (C=N–C) groups is 1. The van der Waals surface area contributed by atoms with Crippen molar-refractivity contribution in [1.29, 1.82) is 0 Å². The van der Waals surface area contributed by atoms with Crippen LogP contribution >= 0.6 is 12.6 Å². The second kappa shape index (κ2) is 3.95. The molecule has 0 heterocycles. The molecule has 0 bridgehead atoms. The van der Waals surface area contributed by atoms with Crippen LogP contribution in [0.3, 0.4) is 0 Å². The molecular weight excluding hydrogens is 174 g/mol. The van der Waals surface area contributed by atoms with Crippen LogP contribution in [0.1, 0.15) is 0 Å². The number of isocyanates is 1. The van der Waals surface area contributed by atoms with E-state index in [-0.39, 0.29) is 0 Å². The average Bonchev–Trinajstić information content (AvgIpc) is 2.05. The van der Waals surface area contributed by atoms with E-state index >= 15 is 0 Å². The van der Waals surface area contributed by atoms with Crippen LogP contribution in [0.4, 0.5) is 5.69 Å². The third-order valence-corrected chi connectivity index (χ3v) is 1.61. The van der Waals surface area contributed by atoms with Crippen LogP contribution in [0.5, 0.6) is 5.75 Å². The van der Waals surface area contributed by atoms with Crippen LogP contribution < -0.4 is 4.74 Å². The highest BCUT2D eigenvalue weighted by molar-refractivity contribution is 7.80. The molecule has 0 fully saturated rings. The number of rotatable bonds is 2. The van der Waals surface area contributed by atoms with Crippen molar-refractivity contribution in [2.45, 2.75) is 4.90 Å². The first-order valence-corrected chi connectivity index (χ1v) is 3.67. The van der Waals surface area contributed by atoms with Crippen LogP contribution in [0.25, 0.3) is 0 Å². The van der Waals surface area contributed by atoms with E-state index in [1.54, 1.807) is 18.2 Å². The lowest BCUT2D eigenvalue weighted by atomic mass is 10.3. The number of hydrogen-bond donors (Lipinski definition) is 1. The summed E-state index contributed by atoms with van der Waals surface area (Å²) in [6.07, 6.45) is 1.45. The van der Waals surface area contributed by atoms with Gasteiger partial charge in [-0.05, 0) is 18.2 Å². The number of nitrogens with zero attached hydrogens (tertiary/aromatic N) is 1. The summed E-state index contributed by atoms with van der Waals surface area (Å²) in [5.41, 5.74) is 0.444. The van der Waals surface area contributed by atoms with Crippen molar-refractivity contribution in [3.05, 3.63) is 18.2 Å². The molecule has 0 aliphatic heterocycles. The first-order valence-electron chi connectivity index (χ1n) is 3.23. The quantitative estimate of drug-likeness (QED) is 0.430. The average molecular weight is 181 g/mol. The van der Waals surface area contributed by atoms with Crippen molar-refractivity contribution >= 4 is 24.4 Å². The number of methoxy groups -OCH3 is 1. The highest BCUT2D eigenvalue weighted by Crippen LogP contribution is 2.28. The maximum atomic E-state index is 9.98. The fourth-order valence-electron chi connectivity index (χ4n) is 0.815. The molecule has 0 radical (unpaired) electrons. The Labute approximate surface area is 75.5 Å².